The normalized spacial score (nSPS) is 12.6. The molecule has 0 aromatic carbocycles. The average Bonchev–Trinajstić information content (AvgIpc) is 2.14. The van der Waals surface area contributed by atoms with Gasteiger partial charge in [-0.3, -0.25) is 0 Å². The van der Waals surface area contributed by atoms with Crippen molar-refractivity contribution in [3.63, 3.8) is 0 Å². The maximum atomic E-state index is 10.7. The van der Waals surface area contributed by atoms with Crippen LogP contribution >= 0.6 is 0 Å². The first-order valence-electron chi connectivity index (χ1n) is 5.35. The van der Waals surface area contributed by atoms with E-state index < -0.39 is 0 Å². The van der Waals surface area contributed by atoms with Crippen molar-refractivity contribution < 1.29 is 9.53 Å². The van der Waals surface area contributed by atoms with Crippen LogP contribution in [0, 0.1) is 11.8 Å². The van der Waals surface area contributed by atoms with Gasteiger partial charge < -0.3 is 4.74 Å². The van der Waals surface area contributed by atoms with E-state index in [9.17, 15) is 4.79 Å². The molecular formula is C12H22O2. The summed E-state index contributed by atoms with van der Waals surface area (Å²) in [6.45, 7) is 10.5. The fourth-order valence-corrected chi connectivity index (χ4v) is 1.18. The van der Waals surface area contributed by atoms with E-state index in [2.05, 4.69) is 27.4 Å². The van der Waals surface area contributed by atoms with Gasteiger partial charge in [-0.15, -0.1) is 0 Å². The van der Waals surface area contributed by atoms with Crippen molar-refractivity contribution in [2.24, 2.45) is 11.8 Å². The predicted octanol–water partition coefficient (Wildman–Crippen LogP) is 3.18. The van der Waals surface area contributed by atoms with Gasteiger partial charge in [-0.2, -0.15) is 0 Å². The van der Waals surface area contributed by atoms with Crippen LogP contribution in [0.25, 0.3) is 0 Å². The molecule has 0 saturated heterocycles. The summed E-state index contributed by atoms with van der Waals surface area (Å²) in [5.41, 5.74) is 0. The van der Waals surface area contributed by atoms with Crippen LogP contribution in [0.15, 0.2) is 12.7 Å². The fraction of sp³-hybridized carbons (Fsp3) is 0.750. The van der Waals surface area contributed by atoms with E-state index in [1.165, 1.54) is 18.9 Å². The number of carbonyl (C=O) groups excluding carboxylic acids is 1. The van der Waals surface area contributed by atoms with E-state index in [0.29, 0.717) is 12.5 Å². The standard InChI is InChI=1S/C12H22O2/c1-5-12(13)14-9-8-11(4)7-6-10(2)3/h5,10-11H,1,6-9H2,2-4H3. The Morgan fingerprint density at radius 3 is 2.43 bits per heavy atom. The van der Waals surface area contributed by atoms with Crippen LogP contribution in [0.1, 0.15) is 40.0 Å². The van der Waals surface area contributed by atoms with Crippen LogP contribution in [0.2, 0.25) is 0 Å². The highest BCUT2D eigenvalue weighted by Crippen LogP contribution is 2.14. The zero-order chi connectivity index (χ0) is 11.0. The highest BCUT2D eigenvalue weighted by molar-refractivity contribution is 5.81. The Bertz CT molecular complexity index is 173. The van der Waals surface area contributed by atoms with Crippen molar-refractivity contribution in [1.82, 2.24) is 0 Å². The molecule has 0 radical (unpaired) electrons. The molecule has 2 nitrogen and oxygen atoms in total. The second-order valence-electron chi connectivity index (χ2n) is 4.24. The molecule has 82 valence electrons. The first-order chi connectivity index (χ1) is 6.56. The van der Waals surface area contributed by atoms with Crippen molar-refractivity contribution in [3.8, 4) is 0 Å². The topological polar surface area (TPSA) is 26.3 Å². The largest absolute Gasteiger partial charge is 0.463 e. The Morgan fingerprint density at radius 2 is 1.93 bits per heavy atom. The molecule has 0 aromatic heterocycles. The Morgan fingerprint density at radius 1 is 1.29 bits per heavy atom. The van der Waals surface area contributed by atoms with Gasteiger partial charge in [0.2, 0.25) is 0 Å². The molecule has 14 heavy (non-hydrogen) atoms. The molecule has 0 aromatic rings. The molecule has 0 saturated carbocycles. The molecule has 0 N–H and O–H groups in total. The monoisotopic (exact) mass is 198 g/mol. The van der Waals surface area contributed by atoms with Crippen LogP contribution in [0.3, 0.4) is 0 Å². The number of carbonyl (C=O) groups is 1. The fourth-order valence-electron chi connectivity index (χ4n) is 1.18. The number of hydrogen-bond acceptors (Lipinski definition) is 2. The Hall–Kier alpha value is -0.790. The third-order valence-corrected chi connectivity index (χ3v) is 2.26. The lowest BCUT2D eigenvalue weighted by molar-refractivity contribution is -0.138. The van der Waals surface area contributed by atoms with Gasteiger partial charge in [0.1, 0.15) is 0 Å². The predicted molar refractivity (Wildman–Crippen MR) is 59.0 cm³/mol. The minimum atomic E-state index is -0.318. The van der Waals surface area contributed by atoms with Crippen molar-refractivity contribution in [3.05, 3.63) is 12.7 Å². The number of rotatable bonds is 7. The summed E-state index contributed by atoms with van der Waals surface area (Å²) in [7, 11) is 0. The molecule has 2 heteroatoms. The molecule has 0 heterocycles. The molecule has 0 aliphatic rings. The highest BCUT2D eigenvalue weighted by atomic mass is 16.5. The third-order valence-electron chi connectivity index (χ3n) is 2.26. The van der Waals surface area contributed by atoms with E-state index >= 15 is 0 Å². The lowest BCUT2D eigenvalue weighted by atomic mass is 9.97. The summed E-state index contributed by atoms with van der Waals surface area (Å²) in [6.07, 6.45) is 4.62. The first kappa shape index (κ1) is 13.2. The molecule has 0 fully saturated rings. The van der Waals surface area contributed by atoms with Gasteiger partial charge in [-0.1, -0.05) is 40.2 Å². The third kappa shape index (κ3) is 7.84. The molecule has 1 atom stereocenters. The van der Waals surface area contributed by atoms with Crippen molar-refractivity contribution in [1.29, 1.82) is 0 Å². The number of hydrogen-bond donors (Lipinski definition) is 0. The van der Waals surface area contributed by atoms with Gasteiger partial charge in [0.05, 0.1) is 6.61 Å². The van der Waals surface area contributed by atoms with Crippen molar-refractivity contribution in [2.45, 2.75) is 40.0 Å². The second-order valence-corrected chi connectivity index (χ2v) is 4.24. The Labute approximate surface area is 87.3 Å². The van der Waals surface area contributed by atoms with Crippen LogP contribution in [-0.4, -0.2) is 12.6 Å². The van der Waals surface area contributed by atoms with Gasteiger partial charge in [0.15, 0.2) is 0 Å². The SMILES string of the molecule is C=CC(=O)OCCC(C)CCC(C)C. The molecule has 0 bridgehead atoms. The van der Waals surface area contributed by atoms with Crippen LogP contribution < -0.4 is 0 Å². The summed E-state index contributed by atoms with van der Waals surface area (Å²) in [5.74, 6) is 1.07. The van der Waals surface area contributed by atoms with Gasteiger partial charge in [0.25, 0.3) is 0 Å². The molecular weight excluding hydrogens is 176 g/mol. The second kappa shape index (κ2) is 7.60. The molecule has 0 rings (SSSR count). The maximum Gasteiger partial charge on any atom is 0.330 e. The molecule has 0 aliphatic heterocycles. The quantitative estimate of drug-likeness (QED) is 0.464. The summed E-state index contributed by atoms with van der Waals surface area (Å²) >= 11 is 0. The van der Waals surface area contributed by atoms with Gasteiger partial charge in [-0.25, -0.2) is 4.79 Å². The minimum absolute atomic E-state index is 0.318. The number of ether oxygens (including phenoxy) is 1. The average molecular weight is 198 g/mol. The first-order valence-corrected chi connectivity index (χ1v) is 5.35. The highest BCUT2D eigenvalue weighted by Gasteiger charge is 2.04. The van der Waals surface area contributed by atoms with Crippen LogP contribution in [-0.2, 0) is 9.53 Å². The van der Waals surface area contributed by atoms with E-state index in [1.54, 1.807) is 0 Å². The lowest BCUT2D eigenvalue weighted by Gasteiger charge is -2.12. The van der Waals surface area contributed by atoms with Gasteiger partial charge in [-0.05, 0) is 18.3 Å². The summed E-state index contributed by atoms with van der Waals surface area (Å²) in [4.78, 5) is 10.7. The summed E-state index contributed by atoms with van der Waals surface area (Å²) in [6, 6.07) is 0. The Kier molecular flexibility index (Phi) is 7.17. The lowest BCUT2D eigenvalue weighted by Crippen LogP contribution is -2.06. The van der Waals surface area contributed by atoms with Gasteiger partial charge in [0, 0.05) is 6.08 Å². The molecule has 0 amide bonds. The van der Waals surface area contributed by atoms with Crippen LogP contribution in [0.5, 0.6) is 0 Å². The molecule has 1 unspecified atom stereocenters. The van der Waals surface area contributed by atoms with E-state index in [-0.39, 0.29) is 5.97 Å². The van der Waals surface area contributed by atoms with Crippen molar-refractivity contribution >= 4 is 5.97 Å². The smallest absolute Gasteiger partial charge is 0.330 e. The summed E-state index contributed by atoms with van der Waals surface area (Å²) < 4.78 is 4.91. The van der Waals surface area contributed by atoms with Crippen LogP contribution in [0.4, 0.5) is 0 Å². The van der Waals surface area contributed by atoms with Crippen molar-refractivity contribution in [2.75, 3.05) is 6.61 Å². The maximum absolute atomic E-state index is 10.7. The minimum Gasteiger partial charge on any atom is -0.463 e. The van der Waals surface area contributed by atoms with Gasteiger partial charge >= 0.3 is 5.97 Å². The van der Waals surface area contributed by atoms with E-state index in [4.69, 9.17) is 4.74 Å². The summed E-state index contributed by atoms with van der Waals surface area (Å²) in [5, 5.41) is 0. The Balaban J connectivity index is 3.39. The molecule has 0 spiro atoms. The molecule has 0 aliphatic carbocycles. The zero-order valence-electron chi connectivity index (χ0n) is 9.58. The van der Waals surface area contributed by atoms with E-state index in [0.717, 1.165) is 12.3 Å². The zero-order valence-corrected chi connectivity index (χ0v) is 9.58. The number of esters is 1. The van der Waals surface area contributed by atoms with E-state index in [1.807, 2.05) is 0 Å².